The second-order valence-corrected chi connectivity index (χ2v) is 2.94. The average molecular weight is 220 g/mol. The van der Waals surface area contributed by atoms with Crippen molar-refractivity contribution in [2.75, 3.05) is 12.4 Å². The molecule has 1 N–H and O–H groups in total. The van der Waals surface area contributed by atoms with Crippen LogP contribution in [0.4, 0.5) is 5.82 Å². The SMILES string of the molecule is COC(=O)/C=C1\Oc2cccnc2NC1=O. The number of hydrogen-bond donors (Lipinski definition) is 1. The van der Waals surface area contributed by atoms with E-state index in [2.05, 4.69) is 15.0 Å². The zero-order valence-electron chi connectivity index (χ0n) is 8.39. The third-order valence-electron chi connectivity index (χ3n) is 1.90. The van der Waals surface area contributed by atoms with Crippen molar-refractivity contribution in [1.82, 2.24) is 4.98 Å². The van der Waals surface area contributed by atoms with E-state index in [1.807, 2.05) is 0 Å². The molecule has 6 nitrogen and oxygen atoms in total. The summed E-state index contributed by atoms with van der Waals surface area (Å²) in [7, 11) is 1.22. The second-order valence-electron chi connectivity index (χ2n) is 2.94. The van der Waals surface area contributed by atoms with E-state index in [0.717, 1.165) is 6.08 Å². The Hall–Kier alpha value is -2.37. The fourth-order valence-corrected chi connectivity index (χ4v) is 1.16. The van der Waals surface area contributed by atoms with Gasteiger partial charge in [0.25, 0.3) is 5.91 Å². The number of ether oxygens (including phenoxy) is 2. The van der Waals surface area contributed by atoms with Gasteiger partial charge in [-0.2, -0.15) is 0 Å². The number of amides is 1. The summed E-state index contributed by atoms with van der Waals surface area (Å²) in [6.45, 7) is 0. The number of hydrogen-bond acceptors (Lipinski definition) is 5. The molecule has 1 aliphatic heterocycles. The number of carbonyl (C=O) groups is 2. The minimum Gasteiger partial charge on any atom is -0.466 e. The van der Waals surface area contributed by atoms with E-state index < -0.39 is 11.9 Å². The third kappa shape index (κ3) is 1.85. The van der Waals surface area contributed by atoms with Crippen LogP contribution in [0.25, 0.3) is 0 Å². The molecular formula is C10H8N2O4. The van der Waals surface area contributed by atoms with Crippen molar-refractivity contribution in [3.8, 4) is 5.75 Å². The number of esters is 1. The highest BCUT2D eigenvalue weighted by atomic mass is 16.5. The summed E-state index contributed by atoms with van der Waals surface area (Å²) in [6, 6.07) is 3.29. The molecule has 1 aromatic rings. The van der Waals surface area contributed by atoms with E-state index >= 15 is 0 Å². The van der Waals surface area contributed by atoms with E-state index in [1.165, 1.54) is 13.3 Å². The molecule has 0 radical (unpaired) electrons. The highest BCUT2D eigenvalue weighted by Crippen LogP contribution is 2.27. The molecule has 0 bridgehead atoms. The molecule has 1 aromatic heterocycles. The van der Waals surface area contributed by atoms with Gasteiger partial charge in [-0.15, -0.1) is 0 Å². The van der Waals surface area contributed by atoms with E-state index in [4.69, 9.17) is 4.74 Å². The summed E-state index contributed by atoms with van der Waals surface area (Å²) in [5.41, 5.74) is 0. The zero-order chi connectivity index (χ0) is 11.5. The van der Waals surface area contributed by atoms with Gasteiger partial charge in [-0.1, -0.05) is 0 Å². The van der Waals surface area contributed by atoms with Gasteiger partial charge in [0, 0.05) is 6.20 Å². The van der Waals surface area contributed by atoms with Crippen LogP contribution < -0.4 is 10.1 Å². The van der Waals surface area contributed by atoms with Crippen LogP contribution in [0.5, 0.6) is 5.75 Å². The van der Waals surface area contributed by atoms with E-state index in [0.29, 0.717) is 11.6 Å². The van der Waals surface area contributed by atoms with E-state index in [9.17, 15) is 9.59 Å². The van der Waals surface area contributed by atoms with Crippen molar-refractivity contribution in [2.24, 2.45) is 0 Å². The number of aromatic nitrogens is 1. The van der Waals surface area contributed by atoms with Crippen LogP contribution in [0.1, 0.15) is 0 Å². The molecule has 6 heteroatoms. The number of pyridine rings is 1. The standard InChI is InChI=1S/C10H8N2O4/c1-15-8(13)5-7-10(14)12-9-6(16-7)3-2-4-11-9/h2-5H,1H3,(H,11,12,14)/b7-5-. The van der Waals surface area contributed by atoms with Gasteiger partial charge in [0.2, 0.25) is 0 Å². The summed E-state index contributed by atoms with van der Waals surface area (Å²) in [5, 5.41) is 2.49. The van der Waals surface area contributed by atoms with Gasteiger partial charge in [0.05, 0.1) is 13.2 Å². The minimum absolute atomic E-state index is 0.118. The number of fused-ring (bicyclic) bond motifs is 1. The number of nitrogens with zero attached hydrogens (tertiary/aromatic N) is 1. The van der Waals surface area contributed by atoms with Crippen molar-refractivity contribution >= 4 is 17.7 Å². The molecule has 1 amide bonds. The lowest BCUT2D eigenvalue weighted by atomic mass is 10.3. The Labute approximate surface area is 90.9 Å². The van der Waals surface area contributed by atoms with Crippen molar-refractivity contribution in [3.63, 3.8) is 0 Å². The molecule has 0 saturated heterocycles. The van der Waals surface area contributed by atoms with Crippen LogP contribution in [0, 0.1) is 0 Å². The van der Waals surface area contributed by atoms with E-state index in [-0.39, 0.29) is 5.76 Å². The maximum atomic E-state index is 11.5. The summed E-state index contributed by atoms with van der Waals surface area (Å²) in [4.78, 5) is 26.3. The quantitative estimate of drug-likeness (QED) is 0.549. The maximum Gasteiger partial charge on any atom is 0.334 e. The van der Waals surface area contributed by atoms with Crippen LogP contribution in [0.3, 0.4) is 0 Å². The van der Waals surface area contributed by atoms with Gasteiger partial charge in [-0.3, -0.25) is 4.79 Å². The molecule has 0 atom stereocenters. The molecule has 0 aromatic carbocycles. The third-order valence-corrected chi connectivity index (χ3v) is 1.90. The largest absolute Gasteiger partial charge is 0.466 e. The Morgan fingerprint density at radius 2 is 2.44 bits per heavy atom. The zero-order valence-corrected chi connectivity index (χ0v) is 8.39. The molecule has 16 heavy (non-hydrogen) atoms. The number of carbonyl (C=O) groups excluding carboxylic acids is 2. The fourth-order valence-electron chi connectivity index (χ4n) is 1.16. The Kier molecular flexibility index (Phi) is 2.55. The normalized spacial score (nSPS) is 16.1. The Morgan fingerprint density at radius 1 is 1.62 bits per heavy atom. The molecule has 0 fully saturated rings. The first-order valence-corrected chi connectivity index (χ1v) is 4.44. The Balaban J connectivity index is 2.31. The molecule has 2 heterocycles. The lowest BCUT2D eigenvalue weighted by Gasteiger charge is -2.17. The lowest BCUT2D eigenvalue weighted by Crippen LogP contribution is -2.25. The predicted molar refractivity (Wildman–Crippen MR) is 53.6 cm³/mol. The molecule has 0 saturated carbocycles. The van der Waals surface area contributed by atoms with Gasteiger partial charge in [0.1, 0.15) is 0 Å². The summed E-state index contributed by atoms with van der Waals surface area (Å²) < 4.78 is 9.60. The molecule has 0 aliphatic carbocycles. The molecule has 2 rings (SSSR count). The molecule has 0 unspecified atom stereocenters. The highest BCUT2D eigenvalue weighted by molar-refractivity contribution is 6.07. The van der Waals surface area contributed by atoms with Crippen LogP contribution in [0.2, 0.25) is 0 Å². The number of methoxy groups -OCH3 is 1. The molecule has 0 spiro atoms. The van der Waals surface area contributed by atoms with Crippen LogP contribution >= 0.6 is 0 Å². The van der Waals surface area contributed by atoms with Crippen LogP contribution in [-0.2, 0) is 14.3 Å². The average Bonchev–Trinajstić information content (AvgIpc) is 2.30. The number of anilines is 1. The van der Waals surface area contributed by atoms with Gasteiger partial charge in [-0.05, 0) is 12.1 Å². The van der Waals surface area contributed by atoms with Gasteiger partial charge in [-0.25, -0.2) is 9.78 Å². The van der Waals surface area contributed by atoms with Crippen LogP contribution in [-0.4, -0.2) is 24.0 Å². The molecule has 82 valence electrons. The molecular weight excluding hydrogens is 212 g/mol. The monoisotopic (exact) mass is 220 g/mol. The van der Waals surface area contributed by atoms with Crippen LogP contribution in [0.15, 0.2) is 30.2 Å². The Morgan fingerprint density at radius 3 is 3.19 bits per heavy atom. The van der Waals surface area contributed by atoms with Crippen molar-refractivity contribution in [2.45, 2.75) is 0 Å². The molecule has 1 aliphatic rings. The summed E-state index contributed by atoms with van der Waals surface area (Å²) in [5.74, 6) is -0.590. The summed E-state index contributed by atoms with van der Waals surface area (Å²) >= 11 is 0. The second kappa shape index (κ2) is 4.01. The first-order valence-electron chi connectivity index (χ1n) is 4.44. The van der Waals surface area contributed by atoms with Gasteiger partial charge >= 0.3 is 5.97 Å². The van der Waals surface area contributed by atoms with E-state index in [1.54, 1.807) is 12.1 Å². The van der Waals surface area contributed by atoms with Gasteiger partial charge in [0.15, 0.2) is 17.3 Å². The fraction of sp³-hybridized carbons (Fsp3) is 0.100. The summed E-state index contributed by atoms with van der Waals surface area (Å²) in [6.07, 6.45) is 2.50. The van der Waals surface area contributed by atoms with Gasteiger partial charge < -0.3 is 14.8 Å². The predicted octanol–water partition coefficient (Wildman–Crippen LogP) is 0.469. The number of nitrogens with one attached hydrogen (secondary N) is 1. The van der Waals surface area contributed by atoms with Crippen molar-refractivity contribution < 1.29 is 19.1 Å². The topological polar surface area (TPSA) is 77.5 Å². The first-order chi connectivity index (χ1) is 7.70. The van der Waals surface area contributed by atoms with Crippen molar-refractivity contribution in [3.05, 3.63) is 30.2 Å². The lowest BCUT2D eigenvalue weighted by molar-refractivity contribution is -0.135. The smallest absolute Gasteiger partial charge is 0.334 e. The number of rotatable bonds is 1. The highest BCUT2D eigenvalue weighted by Gasteiger charge is 2.23. The van der Waals surface area contributed by atoms with Crippen molar-refractivity contribution in [1.29, 1.82) is 0 Å². The minimum atomic E-state index is -0.655. The first kappa shape index (κ1) is 10.2. The Bertz CT molecular complexity index is 481. The maximum absolute atomic E-state index is 11.5.